The van der Waals surface area contributed by atoms with Gasteiger partial charge >= 0.3 is 5.97 Å². The molecule has 0 spiro atoms. The van der Waals surface area contributed by atoms with E-state index in [1.165, 1.54) is 7.11 Å². The minimum atomic E-state index is -0.893. The lowest BCUT2D eigenvalue weighted by atomic mass is 9.94. The van der Waals surface area contributed by atoms with Crippen molar-refractivity contribution in [2.45, 2.75) is 19.4 Å². The zero-order chi connectivity index (χ0) is 13.0. The molecule has 1 aromatic rings. The second-order valence-electron chi connectivity index (χ2n) is 3.84. The average Bonchev–Trinajstić information content (AvgIpc) is 2.28. The Labute approximate surface area is 110 Å². The van der Waals surface area contributed by atoms with Crippen LogP contribution in [0.15, 0.2) is 18.2 Å². The molecule has 3 nitrogen and oxygen atoms in total. The summed E-state index contributed by atoms with van der Waals surface area (Å²) in [6.45, 7) is 1.74. The van der Waals surface area contributed by atoms with E-state index in [0.29, 0.717) is 15.6 Å². The maximum atomic E-state index is 11.1. The Bertz CT molecular complexity index is 386. The van der Waals surface area contributed by atoms with Crippen molar-refractivity contribution in [1.82, 2.24) is 0 Å². The maximum absolute atomic E-state index is 11.1. The summed E-state index contributed by atoms with van der Waals surface area (Å²) < 4.78 is 4.55. The summed E-state index contributed by atoms with van der Waals surface area (Å²) in [5.41, 5.74) is 0.451. The highest BCUT2D eigenvalue weighted by Gasteiger charge is 2.23. The summed E-state index contributed by atoms with van der Waals surface area (Å²) >= 11 is 12.0. The molecule has 0 aliphatic rings. The van der Waals surface area contributed by atoms with Crippen LogP contribution in [0.25, 0.3) is 0 Å². The van der Waals surface area contributed by atoms with Crippen LogP contribution in [0.3, 0.4) is 0 Å². The number of aliphatic hydroxyl groups is 1. The largest absolute Gasteiger partial charge is 0.469 e. The van der Waals surface area contributed by atoms with E-state index in [4.69, 9.17) is 23.2 Å². The number of aliphatic hydroxyl groups excluding tert-OH is 1. The second-order valence-corrected chi connectivity index (χ2v) is 4.65. The number of carbonyl (C=O) groups excluding carboxylic acids is 1. The first-order chi connectivity index (χ1) is 7.97. The molecular weight excluding hydrogens is 263 g/mol. The minimum Gasteiger partial charge on any atom is -0.469 e. The van der Waals surface area contributed by atoms with Crippen LogP contribution in [0.1, 0.15) is 25.0 Å². The van der Waals surface area contributed by atoms with Gasteiger partial charge in [0, 0.05) is 15.6 Å². The van der Waals surface area contributed by atoms with Crippen LogP contribution in [-0.4, -0.2) is 18.2 Å². The van der Waals surface area contributed by atoms with E-state index in [0.717, 1.165) is 0 Å². The van der Waals surface area contributed by atoms with Gasteiger partial charge in [-0.2, -0.15) is 0 Å². The molecular formula is C12H14Cl2O3. The third-order valence-electron chi connectivity index (χ3n) is 2.55. The predicted octanol–water partition coefficient (Wildman–Crippen LogP) is 3.23. The first kappa shape index (κ1) is 14.3. The Balaban J connectivity index is 2.88. The van der Waals surface area contributed by atoms with Crippen LogP contribution in [0.4, 0.5) is 0 Å². The molecule has 0 saturated carbocycles. The van der Waals surface area contributed by atoms with Gasteiger partial charge in [-0.25, -0.2) is 0 Å². The summed E-state index contributed by atoms with van der Waals surface area (Å²) in [6.07, 6.45) is -0.783. The van der Waals surface area contributed by atoms with E-state index in [1.54, 1.807) is 25.1 Å². The molecule has 2 atom stereocenters. The zero-order valence-corrected chi connectivity index (χ0v) is 11.1. The van der Waals surface area contributed by atoms with Gasteiger partial charge in [-0.05, 0) is 18.1 Å². The zero-order valence-electron chi connectivity index (χ0n) is 9.61. The highest BCUT2D eigenvalue weighted by Crippen LogP contribution is 2.35. The quantitative estimate of drug-likeness (QED) is 0.859. The molecule has 0 aliphatic carbocycles. The topological polar surface area (TPSA) is 46.5 Å². The van der Waals surface area contributed by atoms with Gasteiger partial charge in [0.2, 0.25) is 0 Å². The number of benzene rings is 1. The van der Waals surface area contributed by atoms with Crippen molar-refractivity contribution in [2.24, 2.45) is 5.92 Å². The van der Waals surface area contributed by atoms with Gasteiger partial charge in [0.1, 0.15) is 0 Å². The van der Waals surface area contributed by atoms with Crippen LogP contribution in [-0.2, 0) is 9.53 Å². The molecule has 1 N–H and O–H groups in total. The lowest BCUT2D eigenvalue weighted by Crippen LogP contribution is -2.15. The monoisotopic (exact) mass is 276 g/mol. The standard InChI is InChI=1S/C12H14Cl2O3/c1-7(6-10(15)17-2)12(16)11-8(13)4-3-5-9(11)14/h3-5,7,12,16H,6H2,1-2H3. The fourth-order valence-corrected chi connectivity index (χ4v) is 2.16. The summed E-state index contributed by atoms with van der Waals surface area (Å²) in [5.74, 6) is -0.695. The number of rotatable bonds is 4. The SMILES string of the molecule is COC(=O)CC(C)C(O)c1c(Cl)cccc1Cl. The Hall–Kier alpha value is -0.770. The molecule has 0 bridgehead atoms. The predicted molar refractivity (Wildman–Crippen MR) is 67.2 cm³/mol. The van der Waals surface area contributed by atoms with Gasteiger partial charge in [-0.3, -0.25) is 4.79 Å². The number of carbonyl (C=O) groups is 1. The van der Waals surface area contributed by atoms with E-state index in [-0.39, 0.29) is 18.3 Å². The molecule has 0 amide bonds. The molecule has 17 heavy (non-hydrogen) atoms. The lowest BCUT2D eigenvalue weighted by Gasteiger charge is -2.20. The van der Waals surface area contributed by atoms with Crippen LogP contribution >= 0.6 is 23.2 Å². The Morgan fingerprint density at radius 2 is 1.94 bits per heavy atom. The Kier molecular flexibility index (Phi) is 5.25. The first-order valence-electron chi connectivity index (χ1n) is 5.16. The average molecular weight is 277 g/mol. The third-order valence-corrected chi connectivity index (χ3v) is 3.21. The molecule has 0 aromatic heterocycles. The molecule has 94 valence electrons. The van der Waals surface area contributed by atoms with E-state index in [1.807, 2.05) is 0 Å². The van der Waals surface area contributed by atoms with Crippen LogP contribution in [0.2, 0.25) is 10.0 Å². The van der Waals surface area contributed by atoms with Crippen molar-refractivity contribution in [2.75, 3.05) is 7.11 Å². The van der Waals surface area contributed by atoms with Crippen molar-refractivity contribution < 1.29 is 14.6 Å². The number of hydrogen-bond acceptors (Lipinski definition) is 3. The number of esters is 1. The first-order valence-corrected chi connectivity index (χ1v) is 5.91. The summed E-state index contributed by atoms with van der Waals surface area (Å²) in [5, 5.41) is 10.9. The molecule has 0 saturated heterocycles. The number of halogens is 2. The smallest absolute Gasteiger partial charge is 0.305 e. The van der Waals surface area contributed by atoms with Crippen molar-refractivity contribution in [1.29, 1.82) is 0 Å². The fourth-order valence-electron chi connectivity index (χ4n) is 1.54. The van der Waals surface area contributed by atoms with Crippen LogP contribution in [0.5, 0.6) is 0 Å². The molecule has 0 aliphatic heterocycles. The highest BCUT2D eigenvalue weighted by atomic mass is 35.5. The number of methoxy groups -OCH3 is 1. The molecule has 1 rings (SSSR count). The molecule has 0 radical (unpaired) electrons. The van der Waals surface area contributed by atoms with E-state index in [2.05, 4.69) is 4.74 Å². The molecule has 0 heterocycles. The minimum absolute atomic E-state index is 0.110. The summed E-state index contributed by atoms with van der Waals surface area (Å²) in [6, 6.07) is 5.00. The van der Waals surface area contributed by atoms with Gasteiger partial charge in [0.25, 0.3) is 0 Å². The van der Waals surface area contributed by atoms with E-state index < -0.39 is 6.10 Å². The maximum Gasteiger partial charge on any atom is 0.305 e. The van der Waals surface area contributed by atoms with Crippen molar-refractivity contribution in [3.05, 3.63) is 33.8 Å². The molecule has 2 unspecified atom stereocenters. The molecule has 1 aromatic carbocycles. The summed E-state index contributed by atoms with van der Waals surface area (Å²) in [4.78, 5) is 11.1. The van der Waals surface area contributed by atoms with Gasteiger partial charge in [0.05, 0.1) is 19.6 Å². The fraction of sp³-hybridized carbons (Fsp3) is 0.417. The van der Waals surface area contributed by atoms with Gasteiger partial charge < -0.3 is 9.84 Å². The second kappa shape index (κ2) is 6.24. The van der Waals surface area contributed by atoms with Gasteiger partial charge in [-0.15, -0.1) is 0 Å². The van der Waals surface area contributed by atoms with Crippen LogP contribution in [0, 0.1) is 5.92 Å². The Morgan fingerprint density at radius 3 is 2.41 bits per heavy atom. The molecule has 0 fully saturated rings. The van der Waals surface area contributed by atoms with E-state index >= 15 is 0 Å². The summed E-state index contributed by atoms with van der Waals surface area (Å²) in [7, 11) is 1.31. The van der Waals surface area contributed by atoms with Crippen LogP contribution < -0.4 is 0 Å². The highest BCUT2D eigenvalue weighted by molar-refractivity contribution is 6.36. The van der Waals surface area contributed by atoms with E-state index in [9.17, 15) is 9.90 Å². The van der Waals surface area contributed by atoms with Gasteiger partial charge in [-0.1, -0.05) is 36.2 Å². The lowest BCUT2D eigenvalue weighted by molar-refractivity contribution is -0.142. The van der Waals surface area contributed by atoms with Crippen molar-refractivity contribution in [3.63, 3.8) is 0 Å². The van der Waals surface area contributed by atoms with Gasteiger partial charge in [0.15, 0.2) is 0 Å². The van der Waals surface area contributed by atoms with Crippen molar-refractivity contribution >= 4 is 29.2 Å². The number of ether oxygens (including phenoxy) is 1. The molecule has 5 heteroatoms. The normalized spacial score (nSPS) is 14.2. The van der Waals surface area contributed by atoms with Crippen molar-refractivity contribution in [3.8, 4) is 0 Å². The third kappa shape index (κ3) is 3.60. The Morgan fingerprint density at radius 1 is 1.41 bits per heavy atom. The number of hydrogen-bond donors (Lipinski definition) is 1.